The smallest absolute Gasteiger partial charge is 0.271 e. The highest BCUT2D eigenvalue weighted by Gasteiger charge is 2.47. The molecule has 0 saturated heterocycles. The number of amides is 2. The molecule has 2 aliphatic rings. The molecular formula is C22H29N3O2. The average Bonchev–Trinajstić information content (AvgIpc) is 3.29. The summed E-state index contributed by atoms with van der Waals surface area (Å²) in [6.07, 6.45) is 6.33. The van der Waals surface area contributed by atoms with Crippen molar-refractivity contribution in [3.8, 4) is 0 Å². The van der Waals surface area contributed by atoms with Gasteiger partial charge in [-0.1, -0.05) is 44.4 Å². The first-order chi connectivity index (χ1) is 13.0. The van der Waals surface area contributed by atoms with Crippen LogP contribution in [-0.4, -0.2) is 39.4 Å². The van der Waals surface area contributed by atoms with Crippen LogP contribution in [0.3, 0.4) is 0 Å². The third kappa shape index (κ3) is 3.03. The van der Waals surface area contributed by atoms with Gasteiger partial charge in [0.05, 0.1) is 6.54 Å². The van der Waals surface area contributed by atoms with Crippen LogP contribution in [0.4, 0.5) is 0 Å². The first kappa shape index (κ1) is 18.1. The normalized spacial score (nSPS) is 23.0. The van der Waals surface area contributed by atoms with E-state index in [1.807, 2.05) is 46.7 Å². The van der Waals surface area contributed by atoms with Gasteiger partial charge < -0.3 is 14.8 Å². The minimum Gasteiger partial charge on any atom is -0.351 e. The van der Waals surface area contributed by atoms with Crippen LogP contribution < -0.4 is 5.32 Å². The van der Waals surface area contributed by atoms with Crippen molar-refractivity contribution in [3.05, 3.63) is 36.0 Å². The summed E-state index contributed by atoms with van der Waals surface area (Å²) in [6.45, 7) is 5.17. The van der Waals surface area contributed by atoms with Gasteiger partial charge in [-0.25, -0.2) is 0 Å². The molecule has 1 fully saturated rings. The van der Waals surface area contributed by atoms with E-state index in [1.54, 1.807) is 0 Å². The predicted molar refractivity (Wildman–Crippen MR) is 107 cm³/mol. The van der Waals surface area contributed by atoms with E-state index in [-0.39, 0.29) is 17.9 Å². The van der Waals surface area contributed by atoms with Crippen LogP contribution in [-0.2, 0) is 11.3 Å². The van der Waals surface area contributed by atoms with Crippen LogP contribution in [0.5, 0.6) is 0 Å². The fourth-order valence-electron chi connectivity index (χ4n) is 4.58. The SMILES string of the molecule is CCCCN1C(=O)c2cc3ccccc3n2C[C@]1(C)C(=O)NC1CCCC1. The maximum Gasteiger partial charge on any atom is 0.271 e. The number of aromatic nitrogens is 1. The zero-order valence-electron chi connectivity index (χ0n) is 16.3. The summed E-state index contributed by atoms with van der Waals surface area (Å²) in [6, 6.07) is 10.2. The Balaban J connectivity index is 1.73. The molecule has 1 aliphatic carbocycles. The van der Waals surface area contributed by atoms with E-state index in [2.05, 4.69) is 12.2 Å². The number of fused-ring (bicyclic) bond motifs is 3. The Labute approximate surface area is 160 Å². The molecule has 0 spiro atoms. The molecule has 4 rings (SSSR count). The fraction of sp³-hybridized carbons (Fsp3) is 0.545. The number of nitrogens with zero attached hydrogens (tertiary/aromatic N) is 2. The fourth-order valence-corrected chi connectivity index (χ4v) is 4.58. The van der Waals surface area contributed by atoms with E-state index in [4.69, 9.17) is 0 Å². The molecule has 1 aromatic carbocycles. The Morgan fingerprint density at radius 1 is 1.26 bits per heavy atom. The maximum absolute atomic E-state index is 13.4. The number of unbranched alkanes of at least 4 members (excludes halogenated alkanes) is 1. The Morgan fingerprint density at radius 2 is 2.00 bits per heavy atom. The molecule has 1 saturated carbocycles. The number of nitrogens with one attached hydrogen (secondary N) is 1. The Morgan fingerprint density at radius 3 is 2.74 bits per heavy atom. The molecule has 1 aromatic heterocycles. The lowest BCUT2D eigenvalue weighted by Gasteiger charge is -2.44. The van der Waals surface area contributed by atoms with Gasteiger partial charge in [0.1, 0.15) is 11.2 Å². The zero-order valence-corrected chi connectivity index (χ0v) is 16.3. The van der Waals surface area contributed by atoms with E-state index < -0.39 is 5.54 Å². The zero-order chi connectivity index (χ0) is 19.0. The standard InChI is InChI=1S/C22H29N3O2/c1-3-4-13-25-20(26)19-14-16-9-5-8-12-18(16)24(19)15-22(25,2)21(27)23-17-10-6-7-11-17/h5,8-9,12,14,17H,3-4,6-7,10-11,13,15H2,1-2H3,(H,23,27)/t22-/m1/s1. The lowest BCUT2D eigenvalue weighted by atomic mass is 9.93. The van der Waals surface area contributed by atoms with E-state index in [1.165, 1.54) is 12.8 Å². The van der Waals surface area contributed by atoms with Gasteiger partial charge in [0, 0.05) is 23.5 Å². The van der Waals surface area contributed by atoms with Gasteiger partial charge in [-0.15, -0.1) is 0 Å². The number of hydrogen-bond acceptors (Lipinski definition) is 2. The number of carbonyl (C=O) groups excluding carboxylic acids is 2. The predicted octanol–water partition coefficient (Wildman–Crippen LogP) is 3.71. The summed E-state index contributed by atoms with van der Waals surface area (Å²) in [4.78, 5) is 28.5. The van der Waals surface area contributed by atoms with Crippen LogP contribution in [0.15, 0.2) is 30.3 Å². The molecule has 0 unspecified atom stereocenters. The number of rotatable bonds is 5. The van der Waals surface area contributed by atoms with E-state index in [0.29, 0.717) is 18.8 Å². The maximum atomic E-state index is 13.4. The first-order valence-corrected chi connectivity index (χ1v) is 10.3. The molecule has 2 amide bonds. The summed E-state index contributed by atoms with van der Waals surface area (Å²) >= 11 is 0. The van der Waals surface area contributed by atoms with E-state index >= 15 is 0 Å². The third-order valence-corrected chi connectivity index (χ3v) is 6.25. The Hall–Kier alpha value is -2.30. The summed E-state index contributed by atoms with van der Waals surface area (Å²) in [5, 5.41) is 4.29. The summed E-state index contributed by atoms with van der Waals surface area (Å²) in [7, 11) is 0. The molecule has 5 heteroatoms. The Bertz CT molecular complexity index is 866. The second-order valence-corrected chi connectivity index (χ2v) is 8.21. The van der Waals surface area contributed by atoms with Crippen molar-refractivity contribution in [3.63, 3.8) is 0 Å². The van der Waals surface area contributed by atoms with E-state index in [0.717, 1.165) is 36.6 Å². The average molecular weight is 367 g/mol. The molecule has 0 bridgehead atoms. The lowest BCUT2D eigenvalue weighted by molar-refractivity contribution is -0.133. The van der Waals surface area contributed by atoms with Crippen molar-refractivity contribution < 1.29 is 9.59 Å². The summed E-state index contributed by atoms with van der Waals surface area (Å²) in [5.41, 5.74) is 0.859. The van der Waals surface area contributed by atoms with Crippen molar-refractivity contribution in [1.29, 1.82) is 0 Å². The van der Waals surface area contributed by atoms with Crippen LogP contribution >= 0.6 is 0 Å². The molecule has 2 aromatic rings. The van der Waals surface area contributed by atoms with Crippen LogP contribution in [0.2, 0.25) is 0 Å². The molecule has 5 nitrogen and oxygen atoms in total. The van der Waals surface area contributed by atoms with Gasteiger partial charge in [-0.05, 0) is 38.3 Å². The van der Waals surface area contributed by atoms with Crippen molar-refractivity contribution in [1.82, 2.24) is 14.8 Å². The van der Waals surface area contributed by atoms with Gasteiger partial charge in [-0.3, -0.25) is 9.59 Å². The van der Waals surface area contributed by atoms with E-state index in [9.17, 15) is 9.59 Å². The number of hydrogen-bond donors (Lipinski definition) is 1. The second kappa shape index (κ2) is 7.02. The highest BCUT2D eigenvalue weighted by Crippen LogP contribution is 2.33. The Kier molecular flexibility index (Phi) is 4.70. The number of para-hydroxylation sites is 1. The lowest BCUT2D eigenvalue weighted by Crippen LogP contribution is -2.64. The molecule has 2 heterocycles. The van der Waals surface area contributed by atoms with Crippen LogP contribution in [0.1, 0.15) is 62.9 Å². The van der Waals surface area contributed by atoms with Crippen molar-refractivity contribution in [2.45, 2.75) is 70.5 Å². The summed E-state index contributed by atoms with van der Waals surface area (Å²) < 4.78 is 2.04. The van der Waals surface area contributed by atoms with Crippen molar-refractivity contribution >= 4 is 22.7 Å². The number of carbonyl (C=O) groups is 2. The van der Waals surface area contributed by atoms with Crippen LogP contribution in [0.25, 0.3) is 10.9 Å². The minimum absolute atomic E-state index is 0.0118. The van der Waals surface area contributed by atoms with Gasteiger partial charge >= 0.3 is 0 Å². The van der Waals surface area contributed by atoms with Gasteiger partial charge in [0.2, 0.25) is 5.91 Å². The summed E-state index contributed by atoms with van der Waals surface area (Å²) in [5.74, 6) is -0.0442. The first-order valence-electron chi connectivity index (χ1n) is 10.3. The monoisotopic (exact) mass is 367 g/mol. The molecule has 1 aliphatic heterocycles. The van der Waals surface area contributed by atoms with Gasteiger partial charge in [0.15, 0.2) is 0 Å². The quantitative estimate of drug-likeness (QED) is 0.876. The molecule has 27 heavy (non-hydrogen) atoms. The molecular weight excluding hydrogens is 338 g/mol. The van der Waals surface area contributed by atoms with Gasteiger partial charge in [-0.2, -0.15) is 0 Å². The molecule has 1 N–H and O–H groups in total. The van der Waals surface area contributed by atoms with Crippen molar-refractivity contribution in [2.75, 3.05) is 6.54 Å². The van der Waals surface area contributed by atoms with Crippen molar-refractivity contribution in [2.24, 2.45) is 0 Å². The topological polar surface area (TPSA) is 54.3 Å². The highest BCUT2D eigenvalue weighted by atomic mass is 16.2. The highest BCUT2D eigenvalue weighted by molar-refractivity contribution is 6.03. The molecule has 1 atom stereocenters. The second-order valence-electron chi connectivity index (χ2n) is 8.21. The molecule has 0 radical (unpaired) electrons. The largest absolute Gasteiger partial charge is 0.351 e. The van der Waals surface area contributed by atoms with Crippen LogP contribution in [0, 0.1) is 0 Å². The molecule has 144 valence electrons. The third-order valence-electron chi connectivity index (χ3n) is 6.25. The van der Waals surface area contributed by atoms with Gasteiger partial charge in [0.25, 0.3) is 5.91 Å². The minimum atomic E-state index is -0.858. The number of benzene rings is 1.